The van der Waals surface area contributed by atoms with E-state index in [1.54, 1.807) is 0 Å². The number of benzene rings is 11. The average molecular weight is 953 g/mol. The first kappa shape index (κ1) is 43.8. The van der Waals surface area contributed by atoms with Gasteiger partial charge in [0.2, 0.25) is 23.6 Å². The molecule has 0 bridgehead atoms. The van der Waals surface area contributed by atoms with Gasteiger partial charge in [0.1, 0.15) is 0 Å². The number of rotatable bonds is 12. The molecule has 13 aromatic rings. The molecule has 0 saturated heterocycles. The monoisotopic (exact) mass is 952 g/mol. The molecule has 74 heavy (non-hydrogen) atoms. The van der Waals surface area contributed by atoms with Crippen molar-refractivity contribution in [3.63, 3.8) is 0 Å². The Labute approximate surface area is 427 Å². The Morgan fingerprint density at radius 3 is 0.959 bits per heavy atom. The molecular weight excluding hydrogens is 909 g/mol. The van der Waals surface area contributed by atoms with Crippen molar-refractivity contribution in [2.24, 2.45) is 0 Å². The zero-order chi connectivity index (χ0) is 49.2. The average Bonchev–Trinajstić information content (AvgIpc) is 4.19. The summed E-state index contributed by atoms with van der Waals surface area (Å²) in [6.45, 7) is 0. The van der Waals surface area contributed by atoms with E-state index in [0.717, 1.165) is 100 Å². The van der Waals surface area contributed by atoms with Crippen molar-refractivity contribution in [3.05, 3.63) is 267 Å². The molecule has 0 fully saturated rings. The molecule has 0 atom stereocenters. The number of hydrogen-bond acceptors (Lipinski definition) is 8. The minimum Gasteiger partial charge on any atom is -0.416 e. The van der Waals surface area contributed by atoms with Crippen LogP contribution in [0, 0.1) is 0 Å². The SMILES string of the molecule is c1ccc(-c2nnc(-c3ccccc3-c3c4ccccc4c(-c4ccccc4-c4nnc(-c5ccccc5)o4)c4cc(N(c5ccccc5)c5ccc(N(c6ccccc6)c6ccccc6)cc5)ccc34)o2)cc1. The second kappa shape index (κ2) is 19.2. The Hall–Kier alpha value is -10.2. The second-order valence-electron chi connectivity index (χ2n) is 17.9. The molecule has 0 aliphatic rings. The first-order valence-electron chi connectivity index (χ1n) is 24.5. The summed E-state index contributed by atoms with van der Waals surface area (Å²) < 4.78 is 13.0. The van der Waals surface area contributed by atoms with E-state index in [2.05, 4.69) is 212 Å². The maximum Gasteiger partial charge on any atom is 0.248 e. The third kappa shape index (κ3) is 8.12. The molecule has 8 nitrogen and oxygen atoms in total. The van der Waals surface area contributed by atoms with Gasteiger partial charge in [-0.1, -0.05) is 158 Å². The Kier molecular flexibility index (Phi) is 11.4. The summed E-state index contributed by atoms with van der Waals surface area (Å²) in [6, 6.07) is 92.2. The van der Waals surface area contributed by atoms with E-state index in [1.807, 2.05) is 84.9 Å². The van der Waals surface area contributed by atoms with Gasteiger partial charge in [-0.05, 0) is 153 Å². The Bertz CT molecular complexity index is 4030. The molecule has 2 heterocycles. The number of hydrogen-bond donors (Lipinski definition) is 0. The molecule has 13 rings (SSSR count). The summed E-state index contributed by atoms with van der Waals surface area (Å²) in [4.78, 5) is 4.61. The van der Waals surface area contributed by atoms with Crippen molar-refractivity contribution in [1.82, 2.24) is 20.4 Å². The summed E-state index contributed by atoms with van der Waals surface area (Å²) in [5, 5.41) is 22.6. The Morgan fingerprint density at radius 2 is 0.527 bits per heavy atom. The van der Waals surface area contributed by atoms with E-state index in [-0.39, 0.29) is 0 Å². The minimum absolute atomic E-state index is 0.430. The van der Waals surface area contributed by atoms with Crippen LogP contribution >= 0.6 is 0 Å². The number of aromatic nitrogens is 4. The van der Waals surface area contributed by atoms with Crippen molar-refractivity contribution in [2.45, 2.75) is 0 Å². The third-order valence-corrected chi connectivity index (χ3v) is 13.4. The summed E-state index contributed by atoms with van der Waals surface area (Å²) >= 11 is 0. The van der Waals surface area contributed by atoms with Gasteiger partial charge in [-0.15, -0.1) is 20.4 Å². The summed E-state index contributed by atoms with van der Waals surface area (Å²) in [7, 11) is 0. The molecule has 2 aromatic heterocycles. The molecule has 11 aromatic carbocycles. The predicted molar refractivity (Wildman–Crippen MR) is 299 cm³/mol. The first-order valence-corrected chi connectivity index (χ1v) is 24.5. The molecule has 0 aliphatic heterocycles. The largest absolute Gasteiger partial charge is 0.416 e. The number of fused-ring (bicyclic) bond motifs is 2. The van der Waals surface area contributed by atoms with Crippen LogP contribution in [0.2, 0.25) is 0 Å². The van der Waals surface area contributed by atoms with Crippen LogP contribution in [0.3, 0.4) is 0 Å². The lowest BCUT2D eigenvalue weighted by molar-refractivity contribution is 0.584. The van der Waals surface area contributed by atoms with E-state index in [9.17, 15) is 0 Å². The molecule has 350 valence electrons. The second-order valence-corrected chi connectivity index (χ2v) is 17.9. The van der Waals surface area contributed by atoms with E-state index in [4.69, 9.17) is 8.83 Å². The van der Waals surface area contributed by atoms with Gasteiger partial charge in [-0.25, -0.2) is 0 Å². The van der Waals surface area contributed by atoms with Crippen molar-refractivity contribution >= 4 is 55.7 Å². The third-order valence-electron chi connectivity index (χ3n) is 13.4. The normalized spacial score (nSPS) is 11.2. The molecule has 0 saturated carbocycles. The number of anilines is 6. The highest BCUT2D eigenvalue weighted by Gasteiger charge is 2.25. The summed E-state index contributed by atoms with van der Waals surface area (Å²) in [5.41, 5.74) is 13.5. The van der Waals surface area contributed by atoms with Crippen LogP contribution in [0.15, 0.2) is 276 Å². The van der Waals surface area contributed by atoms with Crippen LogP contribution < -0.4 is 9.80 Å². The van der Waals surface area contributed by atoms with Crippen molar-refractivity contribution < 1.29 is 8.83 Å². The quantitative estimate of drug-likeness (QED) is 0.112. The highest BCUT2D eigenvalue weighted by molar-refractivity contribution is 6.23. The van der Waals surface area contributed by atoms with Gasteiger partial charge in [0.05, 0.1) is 0 Å². The highest BCUT2D eigenvalue weighted by atomic mass is 16.4. The molecule has 0 unspecified atom stereocenters. The molecule has 0 N–H and O–H groups in total. The molecule has 0 spiro atoms. The lowest BCUT2D eigenvalue weighted by atomic mass is 9.83. The van der Waals surface area contributed by atoms with E-state index in [1.165, 1.54) is 0 Å². The first-order chi connectivity index (χ1) is 36.7. The van der Waals surface area contributed by atoms with Gasteiger partial charge in [-0.2, -0.15) is 0 Å². The Balaban J connectivity index is 1.04. The summed E-state index contributed by atoms with van der Waals surface area (Å²) in [6.07, 6.45) is 0. The van der Waals surface area contributed by atoms with Crippen molar-refractivity contribution in [2.75, 3.05) is 9.80 Å². The van der Waals surface area contributed by atoms with Gasteiger partial charge in [0.25, 0.3) is 0 Å². The fourth-order valence-corrected chi connectivity index (χ4v) is 10.1. The fourth-order valence-electron chi connectivity index (χ4n) is 10.1. The molecule has 0 aliphatic carbocycles. The molecule has 0 radical (unpaired) electrons. The Morgan fingerprint density at radius 1 is 0.230 bits per heavy atom. The zero-order valence-electron chi connectivity index (χ0n) is 39.9. The molecular formula is C66H44N6O2. The van der Waals surface area contributed by atoms with E-state index >= 15 is 0 Å². The zero-order valence-corrected chi connectivity index (χ0v) is 39.9. The standard InChI is InChI=1S/C66H44N6O2/c1-6-22-45(23-7-1)63-67-69-65(73-63)58-36-20-18-34-55(58)61-53-32-16-17-33-54(53)62(56-35-19-21-37-59(56)66-70-68-64(74-66)46-24-8-2-9-25-46)60-44-52(42-43-57(60)61)72(49-30-14-5-15-31-49)51-40-38-50(39-41-51)71(47-26-10-3-11-27-47)48-28-12-4-13-29-48/h1-44H. The van der Waals surface area contributed by atoms with Gasteiger partial charge in [-0.3, -0.25) is 0 Å². The summed E-state index contributed by atoms with van der Waals surface area (Å²) in [5.74, 6) is 1.78. The van der Waals surface area contributed by atoms with Gasteiger partial charge < -0.3 is 18.6 Å². The maximum absolute atomic E-state index is 6.54. The van der Waals surface area contributed by atoms with Gasteiger partial charge in [0, 0.05) is 56.4 Å². The number of para-hydroxylation sites is 3. The van der Waals surface area contributed by atoms with Crippen LogP contribution in [0.25, 0.3) is 89.6 Å². The van der Waals surface area contributed by atoms with Crippen LogP contribution in [0.5, 0.6) is 0 Å². The smallest absolute Gasteiger partial charge is 0.248 e. The number of nitrogens with zero attached hydrogens (tertiary/aromatic N) is 6. The van der Waals surface area contributed by atoms with Gasteiger partial charge in [0.15, 0.2) is 0 Å². The van der Waals surface area contributed by atoms with Crippen LogP contribution in [-0.2, 0) is 0 Å². The van der Waals surface area contributed by atoms with Crippen LogP contribution in [0.1, 0.15) is 0 Å². The van der Waals surface area contributed by atoms with Crippen LogP contribution in [0.4, 0.5) is 34.1 Å². The van der Waals surface area contributed by atoms with Crippen LogP contribution in [-0.4, -0.2) is 20.4 Å². The van der Waals surface area contributed by atoms with E-state index in [0.29, 0.717) is 23.6 Å². The lowest BCUT2D eigenvalue weighted by Gasteiger charge is -2.29. The maximum atomic E-state index is 6.54. The highest BCUT2D eigenvalue weighted by Crippen LogP contribution is 2.50. The topological polar surface area (TPSA) is 84.3 Å². The van der Waals surface area contributed by atoms with E-state index < -0.39 is 0 Å². The van der Waals surface area contributed by atoms with Gasteiger partial charge >= 0.3 is 0 Å². The predicted octanol–water partition coefficient (Wildman–Crippen LogP) is 17.7. The van der Waals surface area contributed by atoms with Crippen molar-refractivity contribution in [1.29, 1.82) is 0 Å². The fraction of sp³-hybridized carbons (Fsp3) is 0. The minimum atomic E-state index is 0.430. The molecule has 0 amide bonds. The van der Waals surface area contributed by atoms with Crippen molar-refractivity contribution in [3.8, 4) is 68.1 Å². The molecule has 8 heteroatoms. The lowest BCUT2D eigenvalue weighted by Crippen LogP contribution is -2.12.